The highest BCUT2D eigenvalue weighted by atomic mass is 14.2. The molecular formula is C40H26. The maximum Gasteiger partial charge on any atom is -0.00201 e. The fourth-order valence-electron chi connectivity index (χ4n) is 6.56. The summed E-state index contributed by atoms with van der Waals surface area (Å²) in [6, 6.07) is 57.4. The molecule has 186 valence electrons. The second-order valence-electron chi connectivity index (χ2n) is 10.4. The Morgan fingerprint density at radius 2 is 0.750 bits per heavy atom. The van der Waals surface area contributed by atoms with Gasteiger partial charge in [-0.05, 0) is 76.5 Å². The molecule has 0 heteroatoms. The Hall–Kier alpha value is -5.20. The zero-order valence-corrected chi connectivity index (χ0v) is 22.0. The number of rotatable bonds is 3. The van der Waals surface area contributed by atoms with Crippen molar-refractivity contribution in [3.63, 3.8) is 0 Å². The van der Waals surface area contributed by atoms with Gasteiger partial charge in [-0.1, -0.05) is 158 Å². The van der Waals surface area contributed by atoms with Crippen molar-refractivity contribution in [1.82, 2.24) is 0 Å². The summed E-state index contributed by atoms with van der Waals surface area (Å²) in [7, 11) is 0. The molecular weight excluding hydrogens is 480 g/mol. The van der Waals surface area contributed by atoms with Crippen molar-refractivity contribution in [3.05, 3.63) is 158 Å². The summed E-state index contributed by atoms with van der Waals surface area (Å²) in [5.74, 6) is 0. The van der Waals surface area contributed by atoms with Crippen molar-refractivity contribution in [2.75, 3.05) is 0 Å². The van der Waals surface area contributed by atoms with Gasteiger partial charge in [0.25, 0.3) is 0 Å². The SMILES string of the molecule is c1ccc(-c2c3ccccc3c(-c3cccc4c3ccc3cccc(-c5ccccc5)c34)c3ccccc23)cc1. The lowest BCUT2D eigenvalue weighted by atomic mass is 9.84. The number of benzene rings is 8. The van der Waals surface area contributed by atoms with Gasteiger partial charge in [-0.25, -0.2) is 0 Å². The molecule has 0 atom stereocenters. The van der Waals surface area contributed by atoms with E-state index in [-0.39, 0.29) is 0 Å². The second kappa shape index (κ2) is 9.22. The Kier molecular flexibility index (Phi) is 5.24. The predicted molar refractivity (Wildman–Crippen MR) is 173 cm³/mol. The van der Waals surface area contributed by atoms with E-state index in [0.717, 1.165) is 0 Å². The third kappa shape index (κ3) is 3.47. The van der Waals surface area contributed by atoms with Gasteiger partial charge in [-0.3, -0.25) is 0 Å². The fourth-order valence-corrected chi connectivity index (χ4v) is 6.56. The standard InChI is InChI=1S/C40H26/c1-3-13-27(14-4-1)30-22-11-17-29-25-26-31-32(38(29)30)23-12-24-33(31)40-36-20-9-7-18-34(36)39(28-15-5-2-6-16-28)35-19-8-10-21-37(35)40/h1-26H. The topological polar surface area (TPSA) is 0 Å². The Bertz CT molecular complexity index is 2130. The van der Waals surface area contributed by atoms with E-state index in [9.17, 15) is 0 Å². The van der Waals surface area contributed by atoms with Gasteiger partial charge < -0.3 is 0 Å². The summed E-state index contributed by atoms with van der Waals surface area (Å²) in [5.41, 5.74) is 7.64. The molecule has 8 rings (SSSR count). The lowest BCUT2D eigenvalue weighted by molar-refractivity contribution is 1.65. The molecule has 0 saturated heterocycles. The van der Waals surface area contributed by atoms with Crippen LogP contribution in [0.1, 0.15) is 0 Å². The van der Waals surface area contributed by atoms with Gasteiger partial charge in [0.2, 0.25) is 0 Å². The molecule has 0 aliphatic carbocycles. The lowest BCUT2D eigenvalue weighted by Gasteiger charge is -2.19. The Morgan fingerprint density at radius 3 is 1.40 bits per heavy atom. The van der Waals surface area contributed by atoms with E-state index in [4.69, 9.17) is 0 Å². The fraction of sp³-hybridized carbons (Fsp3) is 0. The monoisotopic (exact) mass is 506 g/mol. The molecule has 0 bridgehead atoms. The number of hydrogen-bond donors (Lipinski definition) is 0. The van der Waals surface area contributed by atoms with Gasteiger partial charge in [-0.2, -0.15) is 0 Å². The molecule has 0 aliphatic rings. The van der Waals surface area contributed by atoms with Crippen LogP contribution in [-0.4, -0.2) is 0 Å². The minimum Gasteiger partial charge on any atom is -0.0622 e. The van der Waals surface area contributed by atoms with E-state index < -0.39 is 0 Å². The molecule has 40 heavy (non-hydrogen) atoms. The molecule has 0 aromatic heterocycles. The van der Waals surface area contributed by atoms with Gasteiger partial charge in [0.15, 0.2) is 0 Å². The van der Waals surface area contributed by atoms with Crippen LogP contribution in [0.4, 0.5) is 0 Å². The first-order chi connectivity index (χ1) is 19.9. The van der Waals surface area contributed by atoms with Gasteiger partial charge in [0.05, 0.1) is 0 Å². The number of hydrogen-bond acceptors (Lipinski definition) is 0. The van der Waals surface area contributed by atoms with E-state index in [0.29, 0.717) is 0 Å². The Morgan fingerprint density at radius 1 is 0.250 bits per heavy atom. The van der Waals surface area contributed by atoms with Crippen molar-refractivity contribution in [3.8, 4) is 33.4 Å². The molecule has 8 aromatic carbocycles. The maximum atomic E-state index is 2.32. The molecule has 0 spiro atoms. The van der Waals surface area contributed by atoms with Gasteiger partial charge in [0.1, 0.15) is 0 Å². The average Bonchev–Trinajstić information content (AvgIpc) is 3.03. The lowest BCUT2D eigenvalue weighted by Crippen LogP contribution is -1.92. The molecule has 0 N–H and O–H groups in total. The summed E-state index contributed by atoms with van der Waals surface area (Å²) in [6.07, 6.45) is 0. The van der Waals surface area contributed by atoms with Crippen molar-refractivity contribution >= 4 is 43.1 Å². The van der Waals surface area contributed by atoms with Gasteiger partial charge in [0, 0.05) is 0 Å². The summed E-state index contributed by atoms with van der Waals surface area (Å²) in [6.45, 7) is 0. The van der Waals surface area contributed by atoms with Crippen LogP contribution in [0.25, 0.3) is 76.5 Å². The van der Waals surface area contributed by atoms with Crippen molar-refractivity contribution < 1.29 is 0 Å². The minimum atomic E-state index is 1.24. The summed E-state index contributed by atoms with van der Waals surface area (Å²) in [4.78, 5) is 0. The molecule has 0 amide bonds. The van der Waals surface area contributed by atoms with Crippen LogP contribution in [-0.2, 0) is 0 Å². The maximum absolute atomic E-state index is 2.32. The third-order valence-electron chi connectivity index (χ3n) is 8.25. The van der Waals surface area contributed by atoms with Crippen LogP contribution < -0.4 is 0 Å². The first-order valence-electron chi connectivity index (χ1n) is 13.9. The van der Waals surface area contributed by atoms with E-state index in [1.807, 2.05) is 0 Å². The highest BCUT2D eigenvalue weighted by Gasteiger charge is 2.18. The van der Waals surface area contributed by atoms with Crippen molar-refractivity contribution in [2.45, 2.75) is 0 Å². The summed E-state index contributed by atoms with van der Waals surface area (Å²) >= 11 is 0. The first kappa shape index (κ1) is 22.8. The smallest absolute Gasteiger partial charge is 0.00201 e. The highest BCUT2D eigenvalue weighted by Crippen LogP contribution is 2.46. The molecule has 0 saturated carbocycles. The molecule has 8 aromatic rings. The molecule has 0 radical (unpaired) electrons. The summed E-state index contributed by atoms with van der Waals surface area (Å²) < 4.78 is 0. The summed E-state index contributed by atoms with van der Waals surface area (Å²) in [5, 5.41) is 10.3. The van der Waals surface area contributed by atoms with E-state index in [1.165, 1.54) is 76.5 Å². The third-order valence-corrected chi connectivity index (χ3v) is 8.25. The Labute approximate surface area is 233 Å². The van der Waals surface area contributed by atoms with E-state index in [1.54, 1.807) is 0 Å². The first-order valence-corrected chi connectivity index (χ1v) is 13.9. The molecule has 0 nitrogen and oxygen atoms in total. The molecule has 0 unspecified atom stereocenters. The largest absolute Gasteiger partial charge is 0.0622 e. The zero-order chi connectivity index (χ0) is 26.5. The Balaban J connectivity index is 1.52. The van der Waals surface area contributed by atoms with Gasteiger partial charge in [-0.15, -0.1) is 0 Å². The van der Waals surface area contributed by atoms with E-state index in [2.05, 4.69) is 158 Å². The second-order valence-corrected chi connectivity index (χ2v) is 10.4. The average molecular weight is 507 g/mol. The zero-order valence-electron chi connectivity index (χ0n) is 22.0. The minimum absolute atomic E-state index is 1.24. The van der Waals surface area contributed by atoms with Crippen LogP contribution in [0.2, 0.25) is 0 Å². The van der Waals surface area contributed by atoms with Crippen LogP contribution in [0.3, 0.4) is 0 Å². The molecule has 0 fully saturated rings. The predicted octanol–water partition coefficient (Wildman–Crippen LogP) is 11.3. The quantitative estimate of drug-likeness (QED) is 0.165. The van der Waals surface area contributed by atoms with Crippen LogP contribution >= 0.6 is 0 Å². The normalized spacial score (nSPS) is 11.5. The molecule has 0 aliphatic heterocycles. The van der Waals surface area contributed by atoms with Crippen molar-refractivity contribution in [2.24, 2.45) is 0 Å². The number of fused-ring (bicyclic) bond motifs is 5. The van der Waals surface area contributed by atoms with Gasteiger partial charge >= 0.3 is 0 Å². The van der Waals surface area contributed by atoms with Crippen LogP contribution in [0.5, 0.6) is 0 Å². The van der Waals surface area contributed by atoms with E-state index >= 15 is 0 Å². The molecule has 0 heterocycles. The van der Waals surface area contributed by atoms with Crippen molar-refractivity contribution in [1.29, 1.82) is 0 Å². The highest BCUT2D eigenvalue weighted by molar-refractivity contribution is 6.25. The van der Waals surface area contributed by atoms with Crippen LogP contribution in [0.15, 0.2) is 158 Å². The van der Waals surface area contributed by atoms with Crippen LogP contribution in [0, 0.1) is 0 Å².